The van der Waals surface area contributed by atoms with Crippen LogP contribution >= 0.6 is 0 Å². The summed E-state index contributed by atoms with van der Waals surface area (Å²) in [7, 11) is 0. The summed E-state index contributed by atoms with van der Waals surface area (Å²) < 4.78 is 0. The Balaban J connectivity index is 4.16. The Bertz CT molecular complexity index is 243. The molecule has 13 heavy (non-hydrogen) atoms. The maximum atomic E-state index is 9.69. The molecule has 0 amide bonds. The minimum Gasteiger partial charge on any atom is -0.395 e. The van der Waals surface area contributed by atoms with Gasteiger partial charge in [-0.3, -0.25) is 0 Å². The van der Waals surface area contributed by atoms with E-state index < -0.39 is 5.60 Å². The highest BCUT2D eigenvalue weighted by Crippen LogP contribution is 2.11. The molecular weight excluding hydrogens is 164 g/mol. The second-order valence-electron chi connectivity index (χ2n) is 2.76. The van der Waals surface area contributed by atoms with Gasteiger partial charge in [0.05, 0.1) is 6.61 Å². The summed E-state index contributed by atoms with van der Waals surface area (Å²) in [4.78, 5) is 0. The Morgan fingerprint density at radius 2 is 1.77 bits per heavy atom. The summed E-state index contributed by atoms with van der Waals surface area (Å²) in [6, 6.07) is 0. The Labute approximate surface area is 80.0 Å². The molecule has 0 aliphatic carbocycles. The van der Waals surface area contributed by atoms with Gasteiger partial charge in [-0.1, -0.05) is 25.7 Å². The van der Waals surface area contributed by atoms with Crippen molar-refractivity contribution in [2.24, 2.45) is 0 Å². The average molecular weight is 180 g/mol. The van der Waals surface area contributed by atoms with Gasteiger partial charge < -0.3 is 10.2 Å². The molecule has 0 aromatic carbocycles. The van der Waals surface area contributed by atoms with Crippen molar-refractivity contribution < 1.29 is 10.2 Å². The molecule has 0 aliphatic heterocycles. The average Bonchev–Trinajstić information content (AvgIpc) is 2.17. The lowest BCUT2D eigenvalue weighted by Gasteiger charge is -2.16. The SMILES string of the molecule is CCC(O)(C#CC#CCCO)CC. The highest BCUT2D eigenvalue weighted by atomic mass is 16.3. The zero-order valence-corrected chi connectivity index (χ0v) is 8.22. The minimum atomic E-state index is -0.895. The van der Waals surface area contributed by atoms with Crippen molar-refractivity contribution in [3.8, 4) is 23.7 Å². The van der Waals surface area contributed by atoms with E-state index in [4.69, 9.17) is 5.11 Å². The number of rotatable bonds is 3. The van der Waals surface area contributed by atoms with Gasteiger partial charge >= 0.3 is 0 Å². The van der Waals surface area contributed by atoms with Crippen LogP contribution in [0.4, 0.5) is 0 Å². The van der Waals surface area contributed by atoms with Crippen molar-refractivity contribution >= 4 is 0 Å². The van der Waals surface area contributed by atoms with Crippen molar-refractivity contribution in [2.75, 3.05) is 6.61 Å². The van der Waals surface area contributed by atoms with Gasteiger partial charge in [0.2, 0.25) is 0 Å². The molecular formula is C11H16O2. The van der Waals surface area contributed by atoms with E-state index in [9.17, 15) is 5.11 Å². The number of aliphatic hydroxyl groups excluding tert-OH is 1. The van der Waals surface area contributed by atoms with Crippen LogP contribution in [0.15, 0.2) is 0 Å². The lowest BCUT2D eigenvalue weighted by atomic mass is 9.99. The van der Waals surface area contributed by atoms with Crippen LogP contribution in [0.1, 0.15) is 33.1 Å². The summed E-state index contributed by atoms with van der Waals surface area (Å²) in [5.74, 6) is 10.5. The first kappa shape index (κ1) is 12.0. The first-order chi connectivity index (χ1) is 6.18. The van der Waals surface area contributed by atoms with Crippen LogP contribution in [0.5, 0.6) is 0 Å². The van der Waals surface area contributed by atoms with Crippen LogP contribution in [0.3, 0.4) is 0 Å². The van der Waals surface area contributed by atoms with Crippen LogP contribution in [0.2, 0.25) is 0 Å². The van der Waals surface area contributed by atoms with Crippen LogP contribution in [-0.2, 0) is 0 Å². The third-order valence-corrected chi connectivity index (χ3v) is 1.85. The molecule has 0 saturated carbocycles. The maximum Gasteiger partial charge on any atom is 0.126 e. The van der Waals surface area contributed by atoms with Crippen LogP contribution in [-0.4, -0.2) is 22.4 Å². The monoisotopic (exact) mass is 180 g/mol. The van der Waals surface area contributed by atoms with Gasteiger partial charge in [0, 0.05) is 6.42 Å². The molecule has 0 aromatic rings. The fraction of sp³-hybridized carbons (Fsp3) is 0.636. The smallest absolute Gasteiger partial charge is 0.126 e. The number of hydrogen-bond acceptors (Lipinski definition) is 2. The highest BCUT2D eigenvalue weighted by Gasteiger charge is 2.17. The van der Waals surface area contributed by atoms with Gasteiger partial charge in [-0.05, 0) is 24.7 Å². The molecule has 0 aromatic heterocycles. The van der Waals surface area contributed by atoms with E-state index >= 15 is 0 Å². The third kappa shape index (κ3) is 5.31. The molecule has 0 radical (unpaired) electrons. The van der Waals surface area contributed by atoms with E-state index in [0.29, 0.717) is 19.3 Å². The molecule has 2 N–H and O–H groups in total. The fourth-order valence-corrected chi connectivity index (χ4v) is 0.737. The second-order valence-corrected chi connectivity index (χ2v) is 2.76. The Morgan fingerprint density at radius 3 is 2.23 bits per heavy atom. The van der Waals surface area contributed by atoms with Gasteiger partial charge in [-0.2, -0.15) is 0 Å². The normalized spacial score (nSPS) is 9.54. The molecule has 0 rings (SSSR count). The van der Waals surface area contributed by atoms with Crippen molar-refractivity contribution in [1.82, 2.24) is 0 Å². The quantitative estimate of drug-likeness (QED) is 0.634. The van der Waals surface area contributed by atoms with Crippen molar-refractivity contribution in [3.63, 3.8) is 0 Å². The summed E-state index contributed by atoms with van der Waals surface area (Å²) in [6.07, 6.45) is 1.65. The number of hydrogen-bond donors (Lipinski definition) is 2. The zero-order chi connectivity index (χ0) is 10.2. The Kier molecular flexibility index (Phi) is 6.06. The van der Waals surface area contributed by atoms with Crippen molar-refractivity contribution in [3.05, 3.63) is 0 Å². The first-order valence-corrected chi connectivity index (χ1v) is 4.51. The maximum absolute atomic E-state index is 9.69. The lowest BCUT2D eigenvalue weighted by Crippen LogP contribution is -2.23. The Hall–Kier alpha value is -0.960. The second kappa shape index (κ2) is 6.54. The molecule has 2 nitrogen and oxygen atoms in total. The molecule has 0 saturated heterocycles. The van der Waals surface area contributed by atoms with Gasteiger partial charge in [0.1, 0.15) is 5.60 Å². The molecule has 0 unspecified atom stereocenters. The van der Waals surface area contributed by atoms with Crippen LogP contribution < -0.4 is 0 Å². The zero-order valence-electron chi connectivity index (χ0n) is 8.22. The summed E-state index contributed by atoms with van der Waals surface area (Å²) in [5, 5.41) is 18.1. The summed E-state index contributed by atoms with van der Waals surface area (Å²) in [6.45, 7) is 3.83. The molecule has 0 fully saturated rings. The minimum absolute atomic E-state index is 0.0561. The highest BCUT2D eigenvalue weighted by molar-refractivity contribution is 5.29. The van der Waals surface area contributed by atoms with E-state index in [1.807, 2.05) is 13.8 Å². The van der Waals surface area contributed by atoms with E-state index in [1.54, 1.807) is 0 Å². The molecule has 0 aliphatic rings. The van der Waals surface area contributed by atoms with Gasteiger partial charge in [0.15, 0.2) is 0 Å². The van der Waals surface area contributed by atoms with Gasteiger partial charge in [0.25, 0.3) is 0 Å². The van der Waals surface area contributed by atoms with E-state index in [0.717, 1.165) is 0 Å². The Morgan fingerprint density at radius 1 is 1.15 bits per heavy atom. The van der Waals surface area contributed by atoms with Gasteiger partial charge in [-0.15, -0.1) is 0 Å². The van der Waals surface area contributed by atoms with Gasteiger partial charge in [-0.25, -0.2) is 0 Å². The summed E-state index contributed by atoms with van der Waals surface area (Å²) in [5.41, 5.74) is -0.895. The lowest BCUT2D eigenvalue weighted by molar-refractivity contribution is 0.0931. The molecule has 2 heteroatoms. The van der Waals surface area contributed by atoms with E-state index in [2.05, 4.69) is 23.7 Å². The topological polar surface area (TPSA) is 40.5 Å². The molecule has 0 bridgehead atoms. The first-order valence-electron chi connectivity index (χ1n) is 4.51. The largest absolute Gasteiger partial charge is 0.395 e. The summed E-state index contributed by atoms with van der Waals surface area (Å²) >= 11 is 0. The molecule has 72 valence electrons. The predicted molar refractivity (Wildman–Crippen MR) is 52.8 cm³/mol. The van der Waals surface area contributed by atoms with Crippen molar-refractivity contribution in [1.29, 1.82) is 0 Å². The van der Waals surface area contributed by atoms with E-state index in [1.165, 1.54) is 0 Å². The number of aliphatic hydroxyl groups is 2. The van der Waals surface area contributed by atoms with Crippen LogP contribution in [0, 0.1) is 23.7 Å². The molecule has 0 spiro atoms. The predicted octanol–water partition coefficient (Wildman–Crippen LogP) is 0.927. The molecule has 0 atom stereocenters. The van der Waals surface area contributed by atoms with E-state index in [-0.39, 0.29) is 6.61 Å². The standard InChI is InChI=1S/C11H16O2/c1-3-11(13,4-2)9-7-5-6-8-10-12/h12-13H,3-4,8,10H2,1-2H3. The fourth-order valence-electron chi connectivity index (χ4n) is 0.737. The van der Waals surface area contributed by atoms with Crippen LogP contribution in [0.25, 0.3) is 0 Å². The third-order valence-electron chi connectivity index (χ3n) is 1.85. The van der Waals surface area contributed by atoms with Crippen molar-refractivity contribution in [2.45, 2.75) is 38.7 Å². The molecule has 0 heterocycles.